The molecule has 6 nitrogen and oxygen atoms in total. The van der Waals surface area contributed by atoms with Crippen molar-refractivity contribution in [3.63, 3.8) is 0 Å². The SMILES string of the molecule is O=C(NNS(=O)(=O)c1ccc(Cl)cc1)c1ccccn1. The van der Waals surface area contributed by atoms with E-state index in [9.17, 15) is 13.2 Å². The summed E-state index contributed by atoms with van der Waals surface area (Å²) in [6.45, 7) is 0. The molecule has 104 valence electrons. The van der Waals surface area contributed by atoms with E-state index in [1.807, 2.05) is 4.83 Å². The number of nitrogens with one attached hydrogen (secondary N) is 2. The molecule has 0 aliphatic heterocycles. The number of benzene rings is 1. The molecule has 0 fully saturated rings. The number of hydrogen-bond acceptors (Lipinski definition) is 4. The number of hydrogen-bond donors (Lipinski definition) is 2. The number of amides is 1. The van der Waals surface area contributed by atoms with Crippen molar-refractivity contribution in [3.05, 3.63) is 59.4 Å². The van der Waals surface area contributed by atoms with E-state index >= 15 is 0 Å². The van der Waals surface area contributed by atoms with Crippen LogP contribution in [0, 0.1) is 0 Å². The van der Waals surface area contributed by atoms with Gasteiger partial charge in [0.2, 0.25) is 0 Å². The number of carbonyl (C=O) groups is 1. The second-order valence-electron chi connectivity index (χ2n) is 3.73. The van der Waals surface area contributed by atoms with Gasteiger partial charge in [0, 0.05) is 11.2 Å². The quantitative estimate of drug-likeness (QED) is 0.834. The van der Waals surface area contributed by atoms with Gasteiger partial charge in [-0.25, -0.2) is 8.42 Å². The molecule has 0 aliphatic rings. The number of sulfonamides is 1. The zero-order chi connectivity index (χ0) is 14.6. The molecule has 2 rings (SSSR count). The van der Waals surface area contributed by atoms with Crippen LogP contribution in [0.3, 0.4) is 0 Å². The molecule has 8 heteroatoms. The molecule has 0 bridgehead atoms. The predicted octanol–water partition coefficient (Wildman–Crippen LogP) is 1.36. The number of carbonyl (C=O) groups excluding carboxylic acids is 1. The summed E-state index contributed by atoms with van der Waals surface area (Å²) in [5.74, 6) is -0.650. The number of halogens is 1. The maximum atomic E-state index is 11.9. The standard InChI is InChI=1S/C12H10ClN3O3S/c13-9-4-6-10(7-5-9)20(18,19)16-15-12(17)11-3-1-2-8-14-11/h1-8,16H,(H,15,17). The average molecular weight is 312 g/mol. The van der Waals surface area contributed by atoms with Gasteiger partial charge < -0.3 is 0 Å². The lowest BCUT2D eigenvalue weighted by atomic mass is 10.3. The van der Waals surface area contributed by atoms with E-state index in [0.717, 1.165) is 0 Å². The van der Waals surface area contributed by atoms with Crippen LogP contribution in [-0.4, -0.2) is 19.3 Å². The summed E-state index contributed by atoms with van der Waals surface area (Å²) in [4.78, 5) is 17.4. The molecule has 0 atom stereocenters. The van der Waals surface area contributed by atoms with Gasteiger partial charge in [-0.1, -0.05) is 17.7 Å². The highest BCUT2D eigenvalue weighted by Crippen LogP contribution is 2.13. The first kappa shape index (κ1) is 14.4. The molecule has 1 amide bonds. The van der Waals surface area contributed by atoms with Gasteiger partial charge in [0.15, 0.2) is 0 Å². The molecule has 1 aromatic carbocycles. The third-order valence-corrected chi connectivity index (χ3v) is 3.84. The fraction of sp³-hybridized carbons (Fsp3) is 0. The van der Waals surface area contributed by atoms with Gasteiger partial charge in [-0.15, -0.1) is 4.83 Å². The number of nitrogens with zero attached hydrogens (tertiary/aromatic N) is 1. The first-order valence-electron chi connectivity index (χ1n) is 5.48. The van der Waals surface area contributed by atoms with Crippen LogP contribution in [0.4, 0.5) is 0 Å². The summed E-state index contributed by atoms with van der Waals surface area (Å²) in [5, 5.41) is 0.418. The van der Waals surface area contributed by atoms with Crippen molar-refractivity contribution in [2.75, 3.05) is 0 Å². The number of rotatable bonds is 4. The van der Waals surface area contributed by atoms with Crippen LogP contribution >= 0.6 is 11.6 Å². The Bertz CT molecular complexity index is 702. The van der Waals surface area contributed by atoms with E-state index in [0.29, 0.717) is 5.02 Å². The number of aromatic nitrogens is 1. The molecule has 0 saturated carbocycles. The van der Waals surface area contributed by atoms with E-state index in [1.54, 1.807) is 12.1 Å². The van der Waals surface area contributed by atoms with Gasteiger partial charge in [0.1, 0.15) is 5.69 Å². The Morgan fingerprint density at radius 1 is 1.10 bits per heavy atom. The van der Waals surface area contributed by atoms with Crippen LogP contribution in [0.1, 0.15) is 10.5 Å². The Morgan fingerprint density at radius 2 is 1.80 bits per heavy atom. The third kappa shape index (κ3) is 3.53. The Balaban J connectivity index is 2.06. The minimum atomic E-state index is -3.85. The summed E-state index contributed by atoms with van der Waals surface area (Å²) in [5.41, 5.74) is 2.18. The Morgan fingerprint density at radius 3 is 2.40 bits per heavy atom. The average Bonchev–Trinajstić information content (AvgIpc) is 2.46. The summed E-state index contributed by atoms with van der Waals surface area (Å²) < 4.78 is 23.8. The largest absolute Gasteiger partial charge is 0.284 e. The molecular weight excluding hydrogens is 302 g/mol. The molecule has 0 spiro atoms. The normalized spacial score (nSPS) is 11.1. The van der Waals surface area contributed by atoms with Gasteiger partial charge >= 0.3 is 0 Å². The fourth-order valence-electron chi connectivity index (χ4n) is 1.35. The number of pyridine rings is 1. The van der Waals surface area contributed by atoms with Crippen molar-refractivity contribution in [2.24, 2.45) is 0 Å². The first-order chi connectivity index (χ1) is 9.49. The highest BCUT2D eigenvalue weighted by Gasteiger charge is 2.15. The lowest BCUT2D eigenvalue weighted by Crippen LogP contribution is -2.41. The summed E-state index contributed by atoms with van der Waals surface area (Å²) in [7, 11) is -3.85. The number of hydrazine groups is 1. The minimum Gasteiger partial charge on any atom is -0.272 e. The van der Waals surface area contributed by atoms with Gasteiger partial charge in [-0.2, -0.15) is 0 Å². The molecule has 2 aromatic rings. The summed E-state index contributed by atoms with van der Waals surface area (Å²) in [6, 6.07) is 10.3. The van der Waals surface area contributed by atoms with Crippen LogP contribution in [0.5, 0.6) is 0 Å². The smallest absolute Gasteiger partial charge is 0.272 e. The zero-order valence-electron chi connectivity index (χ0n) is 10.1. The van der Waals surface area contributed by atoms with Gasteiger partial charge in [0.05, 0.1) is 4.90 Å². The second kappa shape index (κ2) is 6.00. The van der Waals surface area contributed by atoms with E-state index in [2.05, 4.69) is 10.4 Å². The molecule has 20 heavy (non-hydrogen) atoms. The van der Waals surface area contributed by atoms with Gasteiger partial charge in [-0.3, -0.25) is 15.2 Å². The highest BCUT2D eigenvalue weighted by atomic mass is 35.5. The van der Waals surface area contributed by atoms with Crippen molar-refractivity contribution in [1.29, 1.82) is 0 Å². The van der Waals surface area contributed by atoms with Crippen molar-refractivity contribution in [1.82, 2.24) is 15.2 Å². The van der Waals surface area contributed by atoms with Crippen molar-refractivity contribution in [3.8, 4) is 0 Å². The molecule has 0 aliphatic carbocycles. The molecule has 0 radical (unpaired) electrons. The van der Waals surface area contributed by atoms with E-state index < -0.39 is 15.9 Å². The zero-order valence-corrected chi connectivity index (χ0v) is 11.6. The van der Waals surface area contributed by atoms with E-state index in [-0.39, 0.29) is 10.6 Å². The summed E-state index contributed by atoms with van der Waals surface area (Å²) in [6.07, 6.45) is 1.43. The van der Waals surface area contributed by atoms with E-state index in [1.165, 1.54) is 36.5 Å². The van der Waals surface area contributed by atoms with Gasteiger partial charge in [-0.05, 0) is 36.4 Å². The second-order valence-corrected chi connectivity index (χ2v) is 5.85. The van der Waals surface area contributed by atoms with Crippen LogP contribution in [0.2, 0.25) is 5.02 Å². The topological polar surface area (TPSA) is 88.2 Å². The molecule has 2 N–H and O–H groups in total. The Kier molecular flexibility index (Phi) is 4.33. The molecule has 1 aromatic heterocycles. The van der Waals surface area contributed by atoms with Crippen LogP contribution in [0.15, 0.2) is 53.6 Å². The minimum absolute atomic E-state index is 0.0109. The van der Waals surface area contributed by atoms with Crippen LogP contribution in [0.25, 0.3) is 0 Å². The monoisotopic (exact) mass is 311 g/mol. The highest BCUT2D eigenvalue weighted by molar-refractivity contribution is 7.89. The van der Waals surface area contributed by atoms with Crippen LogP contribution < -0.4 is 10.3 Å². The van der Waals surface area contributed by atoms with Crippen molar-refractivity contribution < 1.29 is 13.2 Å². The maximum absolute atomic E-state index is 11.9. The lowest BCUT2D eigenvalue weighted by molar-refractivity contribution is 0.0940. The fourth-order valence-corrected chi connectivity index (χ4v) is 2.31. The third-order valence-electron chi connectivity index (χ3n) is 2.32. The lowest BCUT2D eigenvalue weighted by Gasteiger charge is -2.08. The predicted molar refractivity (Wildman–Crippen MR) is 73.5 cm³/mol. The molecule has 0 unspecified atom stereocenters. The molecule has 1 heterocycles. The Hall–Kier alpha value is -1.96. The van der Waals surface area contributed by atoms with Gasteiger partial charge in [0.25, 0.3) is 15.9 Å². The maximum Gasteiger partial charge on any atom is 0.284 e. The van der Waals surface area contributed by atoms with Crippen molar-refractivity contribution in [2.45, 2.75) is 4.90 Å². The first-order valence-corrected chi connectivity index (χ1v) is 7.34. The Labute approximate surface area is 120 Å². The van der Waals surface area contributed by atoms with E-state index in [4.69, 9.17) is 11.6 Å². The van der Waals surface area contributed by atoms with Crippen molar-refractivity contribution >= 4 is 27.5 Å². The molecular formula is C12H10ClN3O3S. The summed E-state index contributed by atoms with van der Waals surface area (Å²) >= 11 is 5.68. The molecule has 0 saturated heterocycles. The van der Waals surface area contributed by atoms with Crippen LogP contribution in [-0.2, 0) is 10.0 Å².